The second-order valence-electron chi connectivity index (χ2n) is 3.60. The van der Waals surface area contributed by atoms with Gasteiger partial charge < -0.3 is 10.1 Å². The van der Waals surface area contributed by atoms with E-state index in [-0.39, 0.29) is 35.6 Å². The summed E-state index contributed by atoms with van der Waals surface area (Å²) in [6.07, 6.45) is 0. The molecular weight excluding hydrogens is 212 g/mol. The van der Waals surface area contributed by atoms with Gasteiger partial charge in [-0.3, -0.25) is 14.9 Å². The number of nitrogens with zero attached hydrogens (tertiary/aromatic N) is 1. The number of nitro benzene ring substituents is 1. The Balaban J connectivity index is 2.54. The highest BCUT2D eigenvalue weighted by molar-refractivity contribution is 5.98. The van der Waals surface area contributed by atoms with Crippen LogP contribution in [0, 0.1) is 10.1 Å². The molecule has 0 fully saturated rings. The number of nitro groups is 1. The predicted octanol–water partition coefficient (Wildman–Crippen LogP) is 1.11. The van der Waals surface area contributed by atoms with Crippen LogP contribution in [0.3, 0.4) is 0 Å². The largest absolute Gasteiger partial charge is 0.484 e. The molecule has 6 heteroatoms. The van der Waals surface area contributed by atoms with Gasteiger partial charge in [0.25, 0.3) is 5.91 Å². The highest BCUT2D eigenvalue weighted by Gasteiger charge is 2.27. The molecule has 1 aliphatic heterocycles. The zero-order chi connectivity index (χ0) is 11.7. The number of para-hydroxylation sites is 1. The number of hydrogen-bond donors (Lipinski definition) is 1. The molecule has 1 aliphatic rings. The smallest absolute Gasteiger partial charge is 0.311 e. The van der Waals surface area contributed by atoms with Crippen molar-refractivity contribution in [3.05, 3.63) is 33.9 Å². The first-order valence-electron chi connectivity index (χ1n) is 4.80. The van der Waals surface area contributed by atoms with Gasteiger partial charge in [-0.05, 0) is 13.0 Å². The molecule has 6 nitrogen and oxygen atoms in total. The number of rotatable bonds is 1. The van der Waals surface area contributed by atoms with Gasteiger partial charge in [0.1, 0.15) is 6.61 Å². The Bertz CT molecular complexity index is 458. The molecule has 0 bridgehead atoms. The van der Waals surface area contributed by atoms with E-state index in [1.54, 1.807) is 6.92 Å². The van der Waals surface area contributed by atoms with E-state index < -0.39 is 4.92 Å². The van der Waals surface area contributed by atoms with Gasteiger partial charge in [-0.1, -0.05) is 6.07 Å². The summed E-state index contributed by atoms with van der Waals surface area (Å²) in [5, 5.41) is 13.4. The molecule has 2 rings (SSSR count). The van der Waals surface area contributed by atoms with E-state index in [2.05, 4.69) is 5.32 Å². The SMILES string of the molecule is CC1COc2c(cccc2[N+](=O)[O-])C(=O)N1. The van der Waals surface area contributed by atoms with E-state index in [0.29, 0.717) is 0 Å². The first kappa shape index (κ1) is 10.4. The fraction of sp³-hybridized carbons (Fsp3) is 0.300. The Labute approximate surface area is 91.4 Å². The van der Waals surface area contributed by atoms with Crippen LogP contribution in [0.5, 0.6) is 5.75 Å². The van der Waals surface area contributed by atoms with Crippen LogP contribution >= 0.6 is 0 Å². The monoisotopic (exact) mass is 222 g/mol. The van der Waals surface area contributed by atoms with Gasteiger partial charge in [0.05, 0.1) is 16.5 Å². The van der Waals surface area contributed by atoms with Gasteiger partial charge in [-0.15, -0.1) is 0 Å². The highest BCUT2D eigenvalue weighted by Crippen LogP contribution is 2.32. The first-order valence-corrected chi connectivity index (χ1v) is 4.80. The van der Waals surface area contributed by atoms with E-state index in [4.69, 9.17) is 4.74 Å². The zero-order valence-electron chi connectivity index (χ0n) is 8.60. The highest BCUT2D eigenvalue weighted by atomic mass is 16.6. The van der Waals surface area contributed by atoms with Crippen molar-refractivity contribution in [2.75, 3.05) is 6.61 Å². The lowest BCUT2D eigenvalue weighted by molar-refractivity contribution is -0.385. The van der Waals surface area contributed by atoms with Crippen molar-refractivity contribution < 1.29 is 14.5 Å². The van der Waals surface area contributed by atoms with Crippen molar-refractivity contribution in [3.63, 3.8) is 0 Å². The molecule has 1 amide bonds. The Kier molecular flexibility index (Phi) is 2.47. The molecule has 1 aromatic carbocycles. The average Bonchev–Trinajstić information content (AvgIpc) is 2.38. The summed E-state index contributed by atoms with van der Waals surface area (Å²) < 4.78 is 5.30. The summed E-state index contributed by atoms with van der Waals surface area (Å²) in [7, 11) is 0. The Hall–Kier alpha value is -2.11. The number of amides is 1. The molecule has 1 N–H and O–H groups in total. The molecule has 0 aliphatic carbocycles. The Morgan fingerprint density at radius 2 is 2.31 bits per heavy atom. The van der Waals surface area contributed by atoms with Crippen LogP contribution in [-0.2, 0) is 0 Å². The molecule has 16 heavy (non-hydrogen) atoms. The molecule has 0 aromatic heterocycles. The van der Waals surface area contributed by atoms with Crippen LogP contribution < -0.4 is 10.1 Å². The van der Waals surface area contributed by atoms with Crippen molar-refractivity contribution in [3.8, 4) is 5.75 Å². The van der Waals surface area contributed by atoms with Gasteiger partial charge in [0.2, 0.25) is 5.75 Å². The van der Waals surface area contributed by atoms with E-state index >= 15 is 0 Å². The number of carbonyl (C=O) groups is 1. The maximum atomic E-state index is 11.7. The van der Waals surface area contributed by atoms with E-state index in [1.807, 2.05) is 0 Å². The minimum absolute atomic E-state index is 0.0503. The second-order valence-corrected chi connectivity index (χ2v) is 3.60. The van der Waals surface area contributed by atoms with Crippen LogP contribution in [0.4, 0.5) is 5.69 Å². The summed E-state index contributed by atoms with van der Waals surface area (Å²) >= 11 is 0. The second kappa shape index (κ2) is 3.80. The quantitative estimate of drug-likeness (QED) is 0.570. The van der Waals surface area contributed by atoms with Crippen LogP contribution in [0.2, 0.25) is 0 Å². The van der Waals surface area contributed by atoms with Crippen molar-refractivity contribution >= 4 is 11.6 Å². The molecule has 0 radical (unpaired) electrons. The Morgan fingerprint density at radius 3 is 3.00 bits per heavy atom. The van der Waals surface area contributed by atoms with Crippen molar-refractivity contribution in [2.24, 2.45) is 0 Å². The summed E-state index contributed by atoms with van der Waals surface area (Å²) in [6.45, 7) is 2.00. The van der Waals surface area contributed by atoms with Crippen LogP contribution in [0.1, 0.15) is 17.3 Å². The molecule has 0 spiro atoms. The summed E-state index contributed by atoms with van der Waals surface area (Å²) in [5.41, 5.74) is 0.0281. The summed E-state index contributed by atoms with van der Waals surface area (Å²) in [6, 6.07) is 4.13. The normalized spacial score (nSPS) is 19.1. The number of hydrogen-bond acceptors (Lipinski definition) is 4. The van der Waals surface area contributed by atoms with Crippen molar-refractivity contribution in [1.82, 2.24) is 5.32 Å². The number of nitrogens with one attached hydrogen (secondary N) is 1. The number of benzene rings is 1. The number of ether oxygens (including phenoxy) is 1. The molecule has 0 saturated heterocycles. The molecule has 1 unspecified atom stereocenters. The summed E-state index contributed by atoms with van der Waals surface area (Å²) in [4.78, 5) is 21.9. The molecular formula is C10H10N2O4. The standard InChI is InChI=1S/C10H10N2O4/c1-6-5-16-9-7(10(13)11-6)3-2-4-8(9)12(14)15/h2-4,6H,5H2,1H3,(H,11,13). The van der Waals surface area contributed by atoms with Crippen molar-refractivity contribution in [1.29, 1.82) is 0 Å². The molecule has 1 atom stereocenters. The third kappa shape index (κ3) is 1.69. The molecule has 84 valence electrons. The lowest BCUT2D eigenvalue weighted by Crippen LogP contribution is -2.33. The maximum Gasteiger partial charge on any atom is 0.311 e. The van der Waals surface area contributed by atoms with E-state index in [0.717, 1.165) is 0 Å². The number of fused-ring (bicyclic) bond motifs is 1. The average molecular weight is 222 g/mol. The van der Waals surface area contributed by atoms with Crippen LogP contribution in [0.25, 0.3) is 0 Å². The zero-order valence-corrected chi connectivity index (χ0v) is 8.60. The summed E-state index contributed by atoms with van der Waals surface area (Å²) in [5.74, 6) is -0.293. The third-order valence-corrected chi connectivity index (χ3v) is 2.29. The molecule has 0 saturated carbocycles. The third-order valence-electron chi connectivity index (χ3n) is 2.29. The van der Waals surface area contributed by atoms with Crippen molar-refractivity contribution in [2.45, 2.75) is 13.0 Å². The van der Waals surface area contributed by atoms with Gasteiger partial charge in [-0.2, -0.15) is 0 Å². The molecule has 1 heterocycles. The topological polar surface area (TPSA) is 81.5 Å². The van der Waals surface area contributed by atoms with Gasteiger partial charge in [-0.25, -0.2) is 0 Å². The lowest BCUT2D eigenvalue weighted by atomic mass is 10.1. The van der Waals surface area contributed by atoms with Crippen LogP contribution in [0.15, 0.2) is 18.2 Å². The minimum Gasteiger partial charge on any atom is -0.484 e. The van der Waals surface area contributed by atoms with E-state index in [1.165, 1.54) is 18.2 Å². The van der Waals surface area contributed by atoms with Gasteiger partial charge >= 0.3 is 5.69 Å². The maximum absolute atomic E-state index is 11.7. The molecule has 1 aromatic rings. The first-order chi connectivity index (χ1) is 7.59. The Morgan fingerprint density at radius 1 is 1.56 bits per heavy atom. The van der Waals surface area contributed by atoms with Crippen LogP contribution in [-0.4, -0.2) is 23.5 Å². The van der Waals surface area contributed by atoms with E-state index in [9.17, 15) is 14.9 Å². The van der Waals surface area contributed by atoms with Gasteiger partial charge in [0, 0.05) is 6.07 Å². The lowest BCUT2D eigenvalue weighted by Gasteiger charge is -2.07. The fourth-order valence-electron chi connectivity index (χ4n) is 1.55. The number of carbonyl (C=O) groups excluding carboxylic acids is 1. The minimum atomic E-state index is -0.553. The predicted molar refractivity (Wildman–Crippen MR) is 55.5 cm³/mol. The fourth-order valence-corrected chi connectivity index (χ4v) is 1.55. The van der Waals surface area contributed by atoms with Gasteiger partial charge in [0.15, 0.2) is 0 Å².